The predicted molar refractivity (Wildman–Crippen MR) is 71.7 cm³/mol. The van der Waals surface area contributed by atoms with Crippen LogP contribution in [0.3, 0.4) is 0 Å². The molecule has 1 heterocycles. The summed E-state index contributed by atoms with van der Waals surface area (Å²) in [7, 11) is 0. The third-order valence-electron chi connectivity index (χ3n) is 3.15. The molecule has 17 heavy (non-hydrogen) atoms. The van der Waals surface area contributed by atoms with Crippen molar-refractivity contribution in [1.29, 1.82) is 0 Å². The summed E-state index contributed by atoms with van der Waals surface area (Å²) in [6, 6.07) is 1.87. The van der Waals surface area contributed by atoms with E-state index in [1.165, 1.54) is 40.2 Å². The number of carboxylic acids is 1. The molecule has 0 bridgehead atoms. The Morgan fingerprint density at radius 1 is 1.47 bits per heavy atom. The molecule has 0 radical (unpaired) electrons. The van der Waals surface area contributed by atoms with E-state index in [-0.39, 0.29) is 0 Å². The molecule has 0 amide bonds. The van der Waals surface area contributed by atoms with Gasteiger partial charge < -0.3 is 5.11 Å². The van der Waals surface area contributed by atoms with E-state index >= 15 is 0 Å². The van der Waals surface area contributed by atoms with E-state index in [2.05, 4.69) is 13.0 Å². The molecule has 1 N–H and O–H groups in total. The van der Waals surface area contributed by atoms with Crippen molar-refractivity contribution in [2.24, 2.45) is 0 Å². The van der Waals surface area contributed by atoms with Gasteiger partial charge in [0.15, 0.2) is 0 Å². The second-order valence-electron chi connectivity index (χ2n) is 4.48. The number of rotatable bonds is 3. The zero-order valence-corrected chi connectivity index (χ0v) is 11.0. The Bertz CT molecular complexity index is 443. The molecule has 1 aliphatic rings. The van der Waals surface area contributed by atoms with Crippen molar-refractivity contribution in [1.82, 2.24) is 0 Å². The zero-order chi connectivity index (χ0) is 12.3. The lowest BCUT2D eigenvalue weighted by molar-refractivity contribution is 0.0702. The molecule has 0 spiro atoms. The first-order chi connectivity index (χ1) is 8.22. The van der Waals surface area contributed by atoms with Gasteiger partial charge in [0, 0.05) is 4.88 Å². The van der Waals surface area contributed by atoms with Gasteiger partial charge in [0.2, 0.25) is 0 Å². The first-order valence-corrected chi connectivity index (χ1v) is 7.09. The van der Waals surface area contributed by atoms with Crippen LogP contribution in [0, 0.1) is 0 Å². The summed E-state index contributed by atoms with van der Waals surface area (Å²) in [6.07, 6.45) is 9.07. The van der Waals surface area contributed by atoms with Crippen LogP contribution >= 0.6 is 11.3 Å². The Balaban J connectivity index is 2.37. The maximum Gasteiger partial charge on any atom is 0.345 e. The van der Waals surface area contributed by atoms with E-state index in [1.54, 1.807) is 0 Å². The second-order valence-corrected chi connectivity index (χ2v) is 5.61. The van der Waals surface area contributed by atoms with E-state index in [9.17, 15) is 4.79 Å². The molecule has 0 unspecified atom stereocenters. The summed E-state index contributed by atoms with van der Waals surface area (Å²) in [5.41, 5.74) is 2.57. The quantitative estimate of drug-likeness (QED) is 0.809. The smallest absolute Gasteiger partial charge is 0.345 e. The van der Waals surface area contributed by atoms with Crippen molar-refractivity contribution in [3.63, 3.8) is 0 Å². The average Bonchev–Trinajstić information content (AvgIpc) is 2.64. The van der Waals surface area contributed by atoms with Crippen LogP contribution < -0.4 is 0 Å². The molecule has 0 atom stereocenters. The van der Waals surface area contributed by atoms with E-state index in [4.69, 9.17) is 5.11 Å². The fraction of sp³-hybridized carbons (Fsp3) is 0.500. The summed E-state index contributed by atoms with van der Waals surface area (Å²) >= 11 is 1.45. The molecular formula is C14H18O2S. The first-order valence-electron chi connectivity index (χ1n) is 6.27. The van der Waals surface area contributed by atoms with Crippen molar-refractivity contribution in [3.05, 3.63) is 27.5 Å². The van der Waals surface area contributed by atoms with Gasteiger partial charge in [0.05, 0.1) is 0 Å². The second kappa shape index (κ2) is 5.50. The fourth-order valence-corrected chi connectivity index (χ4v) is 3.33. The molecule has 1 aromatic rings. The minimum absolute atomic E-state index is 0.485. The zero-order valence-electron chi connectivity index (χ0n) is 10.2. The molecule has 0 aliphatic heterocycles. The lowest BCUT2D eigenvalue weighted by Crippen LogP contribution is -1.90. The van der Waals surface area contributed by atoms with Crippen LogP contribution in [-0.4, -0.2) is 11.1 Å². The minimum Gasteiger partial charge on any atom is -0.477 e. The molecule has 0 saturated heterocycles. The lowest BCUT2D eigenvalue weighted by atomic mass is 10.0. The summed E-state index contributed by atoms with van der Waals surface area (Å²) in [4.78, 5) is 12.8. The van der Waals surface area contributed by atoms with Crippen LogP contribution in [0.25, 0.3) is 5.57 Å². The molecule has 1 aliphatic carbocycles. The SMILES string of the molecule is CCCC=C1CCCCc2sc(C(=O)O)cc21. The largest absolute Gasteiger partial charge is 0.477 e. The highest BCUT2D eigenvalue weighted by atomic mass is 32.1. The van der Waals surface area contributed by atoms with E-state index in [0.717, 1.165) is 25.7 Å². The van der Waals surface area contributed by atoms with Crippen LogP contribution in [0.5, 0.6) is 0 Å². The molecule has 0 fully saturated rings. The summed E-state index contributed by atoms with van der Waals surface area (Å²) in [6.45, 7) is 2.17. The number of thiophene rings is 1. The number of fused-ring (bicyclic) bond motifs is 1. The van der Waals surface area contributed by atoms with Crippen molar-refractivity contribution < 1.29 is 9.90 Å². The van der Waals surface area contributed by atoms with Gasteiger partial charge in [-0.3, -0.25) is 0 Å². The molecule has 2 nitrogen and oxygen atoms in total. The van der Waals surface area contributed by atoms with Crippen LogP contribution in [0.2, 0.25) is 0 Å². The monoisotopic (exact) mass is 250 g/mol. The number of carbonyl (C=O) groups is 1. The molecule has 0 aromatic carbocycles. The Hall–Kier alpha value is -1.09. The molecule has 1 aromatic heterocycles. The standard InChI is InChI=1S/C14H18O2S/c1-2-3-6-10-7-4-5-8-12-11(10)9-13(17-12)14(15)16/h6,9H,2-5,7-8H2,1H3,(H,15,16). The number of carboxylic acid groups (broad SMARTS) is 1. The van der Waals surface area contributed by atoms with Gasteiger partial charge >= 0.3 is 5.97 Å². The number of allylic oxidation sites excluding steroid dienone is 2. The van der Waals surface area contributed by atoms with Gasteiger partial charge in [0.1, 0.15) is 4.88 Å². The molecule has 0 saturated carbocycles. The maximum atomic E-state index is 11.0. The van der Waals surface area contributed by atoms with E-state index in [0.29, 0.717) is 4.88 Å². The molecule has 2 rings (SSSR count). The Morgan fingerprint density at radius 3 is 2.94 bits per heavy atom. The van der Waals surface area contributed by atoms with Crippen LogP contribution in [0.4, 0.5) is 0 Å². The van der Waals surface area contributed by atoms with Crippen LogP contribution in [0.1, 0.15) is 59.1 Å². The van der Waals surface area contributed by atoms with Crippen molar-refractivity contribution in [2.75, 3.05) is 0 Å². The highest BCUT2D eigenvalue weighted by Gasteiger charge is 2.18. The normalized spacial score (nSPS) is 17.8. The van der Waals surface area contributed by atoms with Gasteiger partial charge in [-0.1, -0.05) is 19.4 Å². The van der Waals surface area contributed by atoms with Gasteiger partial charge in [-0.25, -0.2) is 4.79 Å². The highest BCUT2D eigenvalue weighted by molar-refractivity contribution is 7.14. The maximum absolute atomic E-state index is 11.0. The van der Waals surface area contributed by atoms with Crippen LogP contribution in [0.15, 0.2) is 12.1 Å². The number of hydrogen-bond donors (Lipinski definition) is 1. The Kier molecular flexibility index (Phi) is 4.00. The lowest BCUT2D eigenvalue weighted by Gasteiger charge is -2.03. The topological polar surface area (TPSA) is 37.3 Å². The van der Waals surface area contributed by atoms with Gasteiger partial charge in [0.25, 0.3) is 0 Å². The third-order valence-corrected chi connectivity index (χ3v) is 4.33. The summed E-state index contributed by atoms with van der Waals surface area (Å²) in [5, 5.41) is 9.06. The number of aromatic carboxylic acids is 1. The fourth-order valence-electron chi connectivity index (χ4n) is 2.26. The molecule has 92 valence electrons. The number of aryl methyl sites for hydroxylation is 1. The molecular weight excluding hydrogens is 232 g/mol. The predicted octanol–water partition coefficient (Wildman–Crippen LogP) is 4.36. The van der Waals surface area contributed by atoms with Gasteiger partial charge in [-0.05, 0) is 49.3 Å². The Morgan fingerprint density at radius 2 is 2.24 bits per heavy atom. The first kappa shape index (κ1) is 12.4. The van der Waals surface area contributed by atoms with E-state index < -0.39 is 5.97 Å². The third kappa shape index (κ3) is 2.78. The molecule has 3 heteroatoms. The van der Waals surface area contributed by atoms with Gasteiger partial charge in [-0.2, -0.15) is 0 Å². The van der Waals surface area contributed by atoms with Crippen molar-refractivity contribution in [3.8, 4) is 0 Å². The Labute approximate surface area is 106 Å². The number of unbranched alkanes of at least 4 members (excludes halogenated alkanes) is 1. The average molecular weight is 250 g/mol. The van der Waals surface area contributed by atoms with E-state index in [1.807, 2.05) is 6.07 Å². The van der Waals surface area contributed by atoms with Gasteiger partial charge in [-0.15, -0.1) is 11.3 Å². The highest BCUT2D eigenvalue weighted by Crippen LogP contribution is 2.35. The van der Waals surface area contributed by atoms with Crippen molar-refractivity contribution in [2.45, 2.75) is 45.4 Å². The summed E-state index contributed by atoms with van der Waals surface area (Å²) in [5.74, 6) is -0.794. The van der Waals surface area contributed by atoms with Crippen LogP contribution in [-0.2, 0) is 6.42 Å². The van der Waals surface area contributed by atoms with Crippen molar-refractivity contribution >= 4 is 22.9 Å². The summed E-state index contributed by atoms with van der Waals surface area (Å²) < 4.78 is 0. The minimum atomic E-state index is -0.794. The number of hydrogen-bond acceptors (Lipinski definition) is 2.